The van der Waals surface area contributed by atoms with Gasteiger partial charge in [-0.1, -0.05) is 121 Å². The Balaban J connectivity index is 2.33. The van der Waals surface area contributed by atoms with Crippen LogP contribution in [0.4, 0.5) is 9.59 Å². The number of carbonyl (C=O) groups excluding carboxylic acids is 4. The average molecular weight is 769 g/mol. The van der Waals surface area contributed by atoms with E-state index in [-0.39, 0.29) is 35.2 Å². The first kappa shape index (κ1) is 41.1. The van der Waals surface area contributed by atoms with Crippen molar-refractivity contribution in [3.63, 3.8) is 0 Å². The Morgan fingerprint density at radius 1 is 0.519 bits per heavy atom. The lowest BCUT2D eigenvalue weighted by Crippen LogP contribution is -2.39. The third-order valence-electron chi connectivity index (χ3n) is 8.61. The molecule has 0 aliphatic carbocycles. The summed E-state index contributed by atoms with van der Waals surface area (Å²) < 4.78 is 11.6. The van der Waals surface area contributed by atoms with Crippen LogP contribution in [0.1, 0.15) is 27.7 Å². The zero-order valence-corrected chi connectivity index (χ0v) is 32.6. The summed E-state index contributed by atoms with van der Waals surface area (Å²) in [5, 5.41) is 12.5. The summed E-state index contributed by atoms with van der Waals surface area (Å²) in [6.07, 6.45) is 0.602. The van der Waals surface area contributed by atoms with Crippen LogP contribution in [-0.4, -0.2) is 71.5 Å². The summed E-state index contributed by atoms with van der Waals surface area (Å²) in [4.78, 5) is 52.8. The van der Waals surface area contributed by atoms with Gasteiger partial charge in [0, 0.05) is 0 Å². The van der Waals surface area contributed by atoms with Gasteiger partial charge in [0.25, 0.3) is 0 Å². The third kappa shape index (κ3) is 9.26. The Morgan fingerprint density at radius 3 is 1.00 bits per heavy atom. The predicted molar refractivity (Wildman–Crippen MR) is 223 cm³/mol. The van der Waals surface area contributed by atoms with Gasteiger partial charge in [-0.25, -0.2) is 30.0 Å². The zero-order chi connectivity index (χ0) is 39.1. The molecule has 282 valence electrons. The molecule has 0 aliphatic rings. The van der Waals surface area contributed by atoms with Crippen LogP contribution < -0.4 is 43.5 Å². The van der Waals surface area contributed by atoms with Gasteiger partial charge in [-0.3, -0.25) is 0 Å². The van der Waals surface area contributed by atoms with Crippen LogP contribution in [0.5, 0.6) is 0 Å². The highest BCUT2D eigenvalue weighted by Crippen LogP contribution is 2.55. The van der Waals surface area contributed by atoms with Gasteiger partial charge in [-0.05, 0) is 75.0 Å². The number of ether oxygens (including phenoxy) is 2. The number of rotatable bonds is 15. The molecule has 4 aromatic rings. The van der Waals surface area contributed by atoms with Gasteiger partial charge < -0.3 is 20.9 Å². The number of hydrogen-bond acceptors (Lipinski definition) is 8. The molecular formula is C40H46N6O6P2. The Bertz CT molecular complexity index is 1880. The Kier molecular flexibility index (Phi) is 14.7. The normalized spacial score (nSPS) is 11.9. The SMILES string of the molecule is CCOC(=O)C(/C(C)=N/NC(N)=O)=P(CCP(=C(C(=O)OCC)/C(C)=N/NC(N)=O)(c1ccccc1)c1ccccc1)(c1ccccc1)c1ccccc1. The van der Waals surface area contributed by atoms with Gasteiger partial charge in [0.15, 0.2) is 0 Å². The van der Waals surface area contributed by atoms with Gasteiger partial charge in [-0.15, -0.1) is 0 Å². The largest absolute Gasteiger partial charge is 0.462 e. The fourth-order valence-electron chi connectivity index (χ4n) is 6.53. The third-order valence-corrected chi connectivity index (χ3v) is 18.0. The summed E-state index contributed by atoms with van der Waals surface area (Å²) >= 11 is 0. The highest BCUT2D eigenvalue weighted by molar-refractivity contribution is 7.95. The van der Waals surface area contributed by atoms with Crippen LogP contribution in [0.15, 0.2) is 132 Å². The Morgan fingerprint density at radius 2 is 0.778 bits per heavy atom. The molecule has 0 atom stereocenters. The number of esters is 2. The fourth-order valence-corrected chi connectivity index (χ4v) is 16.7. The van der Waals surface area contributed by atoms with Crippen molar-refractivity contribution in [3.05, 3.63) is 121 Å². The van der Waals surface area contributed by atoms with Crippen LogP contribution >= 0.6 is 13.8 Å². The fraction of sp³-hybridized carbons (Fsp3) is 0.200. The molecule has 4 aromatic carbocycles. The van der Waals surface area contributed by atoms with Gasteiger partial charge >= 0.3 is 24.0 Å². The van der Waals surface area contributed by atoms with Crippen LogP contribution in [0.25, 0.3) is 0 Å². The number of nitrogens with zero attached hydrogens (tertiary/aromatic N) is 2. The summed E-state index contributed by atoms with van der Waals surface area (Å²) in [7, 11) is 0. The number of carbonyl (C=O) groups is 4. The molecule has 0 unspecified atom stereocenters. The maximum Gasteiger partial charge on any atom is 0.340 e. The minimum atomic E-state index is -3.14. The average Bonchev–Trinajstić information content (AvgIpc) is 3.18. The molecule has 6 N–H and O–H groups in total. The van der Waals surface area contributed by atoms with Crippen molar-refractivity contribution < 1.29 is 28.7 Å². The molecule has 0 radical (unpaired) electrons. The van der Waals surface area contributed by atoms with E-state index in [1.807, 2.05) is 121 Å². The minimum absolute atomic E-state index is 0.0801. The topological polar surface area (TPSA) is 188 Å². The van der Waals surface area contributed by atoms with Crippen LogP contribution in [0, 0.1) is 0 Å². The summed E-state index contributed by atoms with van der Waals surface area (Å²) in [5.74, 6) is -1.21. The molecular weight excluding hydrogens is 722 g/mol. The van der Waals surface area contributed by atoms with E-state index in [1.54, 1.807) is 27.7 Å². The summed E-state index contributed by atoms with van der Waals surface area (Å²) in [6.45, 7) is 0.595. The smallest absolute Gasteiger partial charge is 0.340 e. The van der Waals surface area contributed by atoms with Crippen molar-refractivity contribution >= 4 is 81.0 Å². The van der Waals surface area contributed by atoms with E-state index < -0.39 is 37.8 Å². The maximum absolute atomic E-state index is 14.5. The van der Waals surface area contributed by atoms with Crippen molar-refractivity contribution in [1.82, 2.24) is 10.9 Å². The molecule has 0 saturated carbocycles. The molecule has 4 amide bonds. The minimum Gasteiger partial charge on any atom is -0.462 e. The lowest BCUT2D eigenvalue weighted by Gasteiger charge is -2.37. The van der Waals surface area contributed by atoms with Gasteiger partial charge in [0.2, 0.25) is 0 Å². The molecule has 12 nitrogen and oxygen atoms in total. The first-order valence-corrected chi connectivity index (χ1v) is 21.3. The summed E-state index contributed by atoms with van der Waals surface area (Å²) in [5.41, 5.74) is 15.9. The van der Waals surface area contributed by atoms with E-state index in [0.29, 0.717) is 12.3 Å². The Labute approximate surface area is 316 Å². The molecule has 4 rings (SSSR count). The van der Waals surface area contributed by atoms with Crippen molar-refractivity contribution in [2.45, 2.75) is 27.7 Å². The number of benzene rings is 4. The van der Waals surface area contributed by atoms with Crippen molar-refractivity contribution in [2.75, 3.05) is 25.5 Å². The molecule has 0 aromatic heterocycles. The number of amides is 4. The number of hydrazone groups is 2. The molecule has 0 bridgehead atoms. The number of hydrogen-bond donors (Lipinski definition) is 4. The number of nitrogens with two attached hydrogens (primary N) is 2. The van der Waals surface area contributed by atoms with Gasteiger partial charge in [0.1, 0.15) is 0 Å². The molecule has 0 heterocycles. The lowest BCUT2D eigenvalue weighted by molar-refractivity contribution is -0.135. The highest BCUT2D eigenvalue weighted by atomic mass is 31.2. The number of nitrogens with one attached hydrogen (secondary N) is 2. The predicted octanol–water partition coefficient (Wildman–Crippen LogP) is 3.88. The first-order chi connectivity index (χ1) is 26.0. The van der Waals surface area contributed by atoms with Crippen LogP contribution in [0.3, 0.4) is 0 Å². The van der Waals surface area contributed by atoms with E-state index >= 15 is 0 Å². The maximum atomic E-state index is 14.5. The number of urea groups is 2. The van der Waals surface area contributed by atoms with Crippen LogP contribution in [0.2, 0.25) is 0 Å². The monoisotopic (exact) mass is 768 g/mol. The highest BCUT2D eigenvalue weighted by Gasteiger charge is 2.39. The molecule has 14 heteroatoms. The van der Waals surface area contributed by atoms with E-state index in [0.717, 1.165) is 21.2 Å². The van der Waals surface area contributed by atoms with E-state index in [9.17, 15) is 19.2 Å². The molecule has 0 saturated heterocycles. The Hall–Kier alpha value is -5.70. The number of primary amides is 2. The first-order valence-electron chi connectivity index (χ1n) is 17.3. The standard InChI is InChI=1S/C40H46N6O6P2/c1-5-51-37(47)35(29(3)43-45-39(41)49)53(31-19-11-7-12-20-31,32-21-13-8-14-22-32)27-28-54(33-23-15-9-16-24-33,34-25-17-10-18-26-34)36(38(48)52-6-2)30(4)44-46-40(42)50/h7-26H,5-6,27-28H2,1-4H3,(H3,41,45,49)(H3,42,46,50)/b43-29+,44-30+. The van der Waals surface area contributed by atoms with Crippen molar-refractivity contribution in [3.8, 4) is 0 Å². The van der Waals surface area contributed by atoms with Crippen molar-refractivity contribution in [1.29, 1.82) is 0 Å². The molecule has 0 spiro atoms. The molecule has 0 aliphatic heterocycles. The van der Waals surface area contributed by atoms with E-state index in [2.05, 4.69) is 21.1 Å². The zero-order valence-electron chi connectivity index (χ0n) is 30.8. The van der Waals surface area contributed by atoms with Gasteiger partial charge in [0.05, 0.1) is 35.2 Å². The summed E-state index contributed by atoms with van der Waals surface area (Å²) in [6, 6.07) is 36.8. The second-order valence-electron chi connectivity index (χ2n) is 11.9. The molecule has 0 fully saturated rings. The molecule has 54 heavy (non-hydrogen) atoms. The second-order valence-corrected chi connectivity index (χ2v) is 19.0. The van der Waals surface area contributed by atoms with Crippen molar-refractivity contribution in [2.24, 2.45) is 21.7 Å². The van der Waals surface area contributed by atoms with Gasteiger partial charge in [-0.2, -0.15) is 10.2 Å². The quantitative estimate of drug-likeness (QED) is 0.0615. The second kappa shape index (κ2) is 19.4. The van der Waals surface area contributed by atoms with Crippen LogP contribution in [-0.2, 0) is 19.1 Å². The van der Waals surface area contributed by atoms with E-state index in [1.165, 1.54) is 0 Å². The van der Waals surface area contributed by atoms with E-state index in [4.69, 9.17) is 20.9 Å². The lowest BCUT2D eigenvalue weighted by atomic mass is 10.3.